The fourth-order valence-corrected chi connectivity index (χ4v) is 5.51. The largest absolute Gasteiger partial charge is 0.491 e. The second-order valence-electron chi connectivity index (χ2n) is 10.3. The first-order chi connectivity index (χ1) is 18.2. The molecule has 0 bridgehead atoms. The Morgan fingerprint density at radius 1 is 1.16 bits per heavy atom. The van der Waals surface area contributed by atoms with Crippen molar-refractivity contribution in [1.29, 1.82) is 0 Å². The molecule has 1 unspecified atom stereocenters. The highest BCUT2D eigenvalue weighted by atomic mass is 19.1. The first-order valence-corrected chi connectivity index (χ1v) is 12.9. The second kappa shape index (κ2) is 10.2. The van der Waals surface area contributed by atoms with Crippen LogP contribution in [0.3, 0.4) is 0 Å². The number of imide groups is 1. The van der Waals surface area contributed by atoms with Gasteiger partial charge in [-0.3, -0.25) is 19.5 Å². The van der Waals surface area contributed by atoms with Crippen LogP contribution in [0.5, 0.6) is 5.75 Å². The normalized spacial score (nSPS) is 22.2. The van der Waals surface area contributed by atoms with Crippen LogP contribution in [-0.2, 0) is 17.9 Å². The zero-order valence-corrected chi connectivity index (χ0v) is 22.1. The molecule has 2 aliphatic heterocycles. The first kappa shape index (κ1) is 25.8. The van der Waals surface area contributed by atoms with Gasteiger partial charge in [-0.2, -0.15) is 4.98 Å². The number of rotatable bonds is 7. The maximum atomic E-state index is 14.3. The van der Waals surface area contributed by atoms with Gasteiger partial charge in [0.05, 0.1) is 6.10 Å². The summed E-state index contributed by atoms with van der Waals surface area (Å²) in [6.45, 7) is 8.84. The smallest absolute Gasteiger partial charge is 0.332 e. The van der Waals surface area contributed by atoms with Crippen LogP contribution in [0.15, 0.2) is 53.1 Å². The number of carbonyl (C=O) groups is 2. The third-order valence-corrected chi connectivity index (χ3v) is 7.15. The summed E-state index contributed by atoms with van der Waals surface area (Å²) in [5.74, 6) is 0.605. The van der Waals surface area contributed by atoms with Gasteiger partial charge in [-0.1, -0.05) is 23.4 Å². The molecule has 3 heterocycles. The third kappa shape index (κ3) is 4.88. The summed E-state index contributed by atoms with van der Waals surface area (Å²) in [4.78, 5) is 36.8. The number of halogens is 1. The van der Waals surface area contributed by atoms with E-state index in [1.54, 1.807) is 19.1 Å². The highest BCUT2D eigenvalue weighted by Crippen LogP contribution is 2.43. The van der Waals surface area contributed by atoms with Crippen molar-refractivity contribution in [3.63, 3.8) is 0 Å². The number of nitrogens with zero attached hydrogens (tertiary/aromatic N) is 5. The van der Waals surface area contributed by atoms with E-state index < -0.39 is 17.4 Å². The zero-order chi connectivity index (χ0) is 27.0. The Balaban J connectivity index is 1.42. The summed E-state index contributed by atoms with van der Waals surface area (Å²) >= 11 is 0. The molecule has 200 valence electrons. The minimum absolute atomic E-state index is 0.0307. The Kier molecular flexibility index (Phi) is 6.92. The van der Waals surface area contributed by atoms with Crippen molar-refractivity contribution in [1.82, 2.24) is 19.9 Å². The molecule has 0 aliphatic carbocycles. The maximum Gasteiger partial charge on any atom is 0.332 e. The molecule has 2 fully saturated rings. The van der Waals surface area contributed by atoms with E-state index in [4.69, 9.17) is 9.26 Å². The molecular formula is C28H32FN5O4. The van der Waals surface area contributed by atoms with E-state index in [0.717, 1.165) is 16.2 Å². The number of carbonyl (C=O) groups excluding carboxylic acids is 2. The van der Waals surface area contributed by atoms with Crippen LogP contribution in [0.4, 0.5) is 14.9 Å². The highest BCUT2D eigenvalue weighted by molar-refractivity contribution is 6.16. The van der Waals surface area contributed by atoms with Crippen LogP contribution in [0.1, 0.15) is 50.9 Å². The summed E-state index contributed by atoms with van der Waals surface area (Å²) in [7, 11) is 0. The third-order valence-electron chi connectivity index (χ3n) is 7.15. The molecule has 5 rings (SSSR count). The Labute approximate surface area is 221 Å². The molecule has 10 heteroatoms. The van der Waals surface area contributed by atoms with E-state index in [9.17, 15) is 14.0 Å². The molecule has 1 spiro atoms. The lowest BCUT2D eigenvalue weighted by Crippen LogP contribution is -2.59. The van der Waals surface area contributed by atoms with E-state index in [-0.39, 0.29) is 30.5 Å². The van der Waals surface area contributed by atoms with Gasteiger partial charge in [0, 0.05) is 24.8 Å². The lowest BCUT2D eigenvalue weighted by molar-refractivity contribution is -0.133. The van der Waals surface area contributed by atoms with E-state index in [1.807, 2.05) is 32.0 Å². The van der Waals surface area contributed by atoms with Crippen molar-refractivity contribution in [3.8, 4) is 5.75 Å². The molecule has 0 N–H and O–H groups in total. The van der Waals surface area contributed by atoms with E-state index in [0.29, 0.717) is 37.4 Å². The highest BCUT2D eigenvalue weighted by Gasteiger charge is 2.60. The molecule has 3 aromatic rings. The Bertz CT molecular complexity index is 1340. The van der Waals surface area contributed by atoms with Crippen molar-refractivity contribution in [3.05, 3.63) is 71.6 Å². The predicted molar refractivity (Wildman–Crippen MR) is 138 cm³/mol. The molecule has 38 heavy (non-hydrogen) atoms. The molecule has 2 atom stereocenters. The van der Waals surface area contributed by atoms with Gasteiger partial charge in [-0.15, -0.1) is 0 Å². The topological polar surface area (TPSA) is 92.0 Å². The predicted octanol–water partition coefficient (Wildman–Crippen LogP) is 4.70. The average molecular weight is 522 g/mol. The maximum absolute atomic E-state index is 14.3. The molecule has 3 amide bonds. The van der Waals surface area contributed by atoms with Gasteiger partial charge >= 0.3 is 6.03 Å². The Hall–Kier alpha value is -3.79. The van der Waals surface area contributed by atoms with Crippen molar-refractivity contribution in [2.24, 2.45) is 0 Å². The fourth-order valence-electron chi connectivity index (χ4n) is 5.51. The number of aromatic nitrogens is 2. The van der Waals surface area contributed by atoms with Crippen LogP contribution in [0, 0.1) is 12.7 Å². The van der Waals surface area contributed by atoms with Crippen LogP contribution < -0.4 is 9.64 Å². The number of urea groups is 1. The van der Waals surface area contributed by atoms with Crippen molar-refractivity contribution < 1.29 is 23.2 Å². The first-order valence-electron chi connectivity index (χ1n) is 12.9. The van der Waals surface area contributed by atoms with Crippen LogP contribution in [0.2, 0.25) is 0 Å². The van der Waals surface area contributed by atoms with Gasteiger partial charge in [0.1, 0.15) is 23.7 Å². The number of anilines is 1. The molecule has 2 aliphatic rings. The Morgan fingerprint density at radius 3 is 2.63 bits per heavy atom. The monoisotopic (exact) mass is 521 g/mol. The lowest BCUT2D eigenvalue weighted by atomic mass is 9.81. The molecule has 0 radical (unpaired) electrons. The van der Waals surface area contributed by atoms with Gasteiger partial charge in [-0.25, -0.2) is 9.18 Å². The number of piperidine rings is 1. The molecule has 1 aromatic heterocycles. The molecular weight excluding hydrogens is 489 g/mol. The van der Waals surface area contributed by atoms with Crippen molar-refractivity contribution >= 4 is 17.6 Å². The van der Waals surface area contributed by atoms with Gasteiger partial charge < -0.3 is 9.26 Å². The average Bonchev–Trinajstić information content (AvgIpc) is 3.35. The van der Waals surface area contributed by atoms with E-state index >= 15 is 0 Å². The number of benzene rings is 2. The summed E-state index contributed by atoms with van der Waals surface area (Å²) in [5, 5.41) is 3.77. The number of aryl methyl sites for hydroxylation is 1. The standard InChI is InChI=1S/C28H32FN5O4/c1-18(2)37-24-10-5-7-21(13-24)16-32-12-11-28(15-19(32)3)26(35)33(17-25-30-20(4)31-38-25)27(36)34(28)23-9-6-8-22(29)14-23/h5-10,13-14,18-19H,11-12,15-17H2,1-4H3/t19-,28?/m0/s1. The minimum Gasteiger partial charge on any atom is -0.491 e. The Morgan fingerprint density at radius 2 is 1.95 bits per heavy atom. The fraction of sp³-hybridized carbons (Fsp3) is 0.429. The quantitative estimate of drug-likeness (QED) is 0.416. The second-order valence-corrected chi connectivity index (χ2v) is 10.3. The van der Waals surface area contributed by atoms with Gasteiger partial charge in [0.2, 0.25) is 5.89 Å². The summed E-state index contributed by atoms with van der Waals surface area (Å²) in [5.41, 5.74) is 0.320. The number of amides is 3. The SMILES string of the molecule is Cc1noc(CN2C(=O)N(c3cccc(F)c3)C3(CCN(Cc4cccc(OC(C)C)c4)[C@@H](C)C3)C2=O)n1. The summed E-state index contributed by atoms with van der Waals surface area (Å²) in [6.07, 6.45) is 0.882. The van der Waals surface area contributed by atoms with E-state index in [1.165, 1.54) is 17.0 Å². The number of likely N-dealkylation sites (tertiary alicyclic amines) is 1. The zero-order valence-electron chi connectivity index (χ0n) is 22.1. The molecule has 2 aromatic carbocycles. The minimum atomic E-state index is -1.14. The van der Waals surface area contributed by atoms with E-state index in [2.05, 4.69) is 28.0 Å². The number of ether oxygens (including phenoxy) is 1. The van der Waals surface area contributed by atoms with Crippen LogP contribution >= 0.6 is 0 Å². The molecule has 2 saturated heterocycles. The number of hydrogen-bond donors (Lipinski definition) is 0. The van der Waals surface area contributed by atoms with Crippen molar-refractivity contribution in [2.75, 3.05) is 11.4 Å². The van der Waals surface area contributed by atoms with Crippen molar-refractivity contribution in [2.45, 2.75) is 71.3 Å². The van der Waals surface area contributed by atoms with Gasteiger partial charge in [0.25, 0.3) is 5.91 Å². The van der Waals surface area contributed by atoms with Crippen LogP contribution in [-0.4, -0.2) is 56.1 Å². The molecule has 9 nitrogen and oxygen atoms in total. The summed E-state index contributed by atoms with van der Waals surface area (Å²) in [6, 6.07) is 13.3. The van der Waals surface area contributed by atoms with Gasteiger partial charge in [0.15, 0.2) is 5.82 Å². The summed E-state index contributed by atoms with van der Waals surface area (Å²) < 4.78 is 25.3. The van der Waals surface area contributed by atoms with Gasteiger partial charge in [-0.05, 0) is 76.4 Å². The van der Waals surface area contributed by atoms with Crippen LogP contribution in [0.25, 0.3) is 0 Å². The number of hydrogen-bond acceptors (Lipinski definition) is 7. The lowest BCUT2D eigenvalue weighted by Gasteiger charge is -2.45. The molecule has 0 saturated carbocycles.